The van der Waals surface area contributed by atoms with Crippen LogP contribution in [0.15, 0.2) is 28.7 Å². The van der Waals surface area contributed by atoms with Gasteiger partial charge in [-0.1, -0.05) is 54.9 Å². The summed E-state index contributed by atoms with van der Waals surface area (Å²) in [6.45, 7) is 6.66. The lowest BCUT2D eigenvalue weighted by atomic mass is 9.97. The van der Waals surface area contributed by atoms with E-state index in [1.807, 2.05) is 31.2 Å². The lowest BCUT2D eigenvalue weighted by molar-refractivity contribution is -0.125. The topological polar surface area (TPSA) is 29.1 Å². The third-order valence-electron chi connectivity index (χ3n) is 2.82. The molecule has 0 aliphatic carbocycles. The predicted molar refractivity (Wildman–Crippen MR) is 70.0 cm³/mol. The van der Waals surface area contributed by atoms with Crippen LogP contribution in [0, 0.1) is 11.8 Å². The highest BCUT2D eigenvalue weighted by Gasteiger charge is 2.16. The van der Waals surface area contributed by atoms with Gasteiger partial charge in [-0.05, 0) is 17.5 Å². The Morgan fingerprint density at radius 2 is 1.94 bits per heavy atom. The minimum Gasteiger partial charge on any atom is -0.352 e. The van der Waals surface area contributed by atoms with Gasteiger partial charge in [0.1, 0.15) is 0 Å². The van der Waals surface area contributed by atoms with E-state index in [1.54, 1.807) is 0 Å². The molecular weight excluding hydrogens is 266 g/mol. The maximum atomic E-state index is 11.7. The maximum absolute atomic E-state index is 11.7. The number of hydrogen-bond donors (Lipinski definition) is 1. The third kappa shape index (κ3) is 3.63. The normalized spacial score (nSPS) is 12.6. The summed E-state index contributed by atoms with van der Waals surface area (Å²) in [6, 6.07) is 7.92. The van der Waals surface area contributed by atoms with Crippen LogP contribution < -0.4 is 5.32 Å². The molecule has 1 unspecified atom stereocenters. The summed E-state index contributed by atoms with van der Waals surface area (Å²) in [4.78, 5) is 11.7. The van der Waals surface area contributed by atoms with Crippen molar-refractivity contribution in [2.24, 2.45) is 11.8 Å². The largest absolute Gasteiger partial charge is 0.352 e. The molecule has 0 spiro atoms. The van der Waals surface area contributed by atoms with Gasteiger partial charge in [0.2, 0.25) is 5.91 Å². The van der Waals surface area contributed by atoms with E-state index in [9.17, 15) is 4.79 Å². The van der Waals surface area contributed by atoms with Crippen LogP contribution in [0.5, 0.6) is 0 Å². The number of amides is 1. The van der Waals surface area contributed by atoms with E-state index in [1.165, 1.54) is 0 Å². The van der Waals surface area contributed by atoms with Crippen LogP contribution in [-0.4, -0.2) is 5.91 Å². The van der Waals surface area contributed by atoms with Crippen molar-refractivity contribution >= 4 is 21.8 Å². The molecule has 0 fully saturated rings. The molecule has 0 heterocycles. The van der Waals surface area contributed by atoms with Crippen molar-refractivity contribution in [1.82, 2.24) is 5.32 Å². The molecule has 0 aliphatic heterocycles. The van der Waals surface area contributed by atoms with Crippen molar-refractivity contribution in [2.75, 3.05) is 0 Å². The first-order valence-corrected chi connectivity index (χ1v) is 6.32. The molecule has 1 aromatic carbocycles. The van der Waals surface area contributed by atoms with Crippen LogP contribution in [0.25, 0.3) is 0 Å². The molecule has 1 rings (SSSR count). The Morgan fingerprint density at radius 3 is 2.50 bits per heavy atom. The maximum Gasteiger partial charge on any atom is 0.223 e. The van der Waals surface area contributed by atoms with E-state index in [2.05, 4.69) is 35.1 Å². The van der Waals surface area contributed by atoms with Crippen LogP contribution in [0.4, 0.5) is 0 Å². The number of hydrogen-bond acceptors (Lipinski definition) is 1. The minimum atomic E-state index is 0.0579. The fourth-order valence-corrected chi connectivity index (χ4v) is 1.71. The highest BCUT2D eigenvalue weighted by atomic mass is 79.9. The lowest BCUT2D eigenvalue weighted by Crippen LogP contribution is -2.31. The molecule has 0 radical (unpaired) electrons. The summed E-state index contributed by atoms with van der Waals surface area (Å²) >= 11 is 3.46. The Morgan fingerprint density at radius 1 is 1.31 bits per heavy atom. The number of nitrogens with one attached hydrogen (secondary N) is 1. The standard InChI is InChI=1S/C13H18BrNO/c1-9(2)10(3)13(16)15-8-11-6-4-5-7-12(11)14/h4-7,9-10H,8H2,1-3H3,(H,15,16). The minimum absolute atomic E-state index is 0.0579. The molecule has 1 amide bonds. The van der Waals surface area contributed by atoms with Gasteiger partial charge in [-0.25, -0.2) is 0 Å². The van der Waals surface area contributed by atoms with Gasteiger partial charge in [0.05, 0.1) is 0 Å². The molecule has 88 valence electrons. The van der Waals surface area contributed by atoms with E-state index in [-0.39, 0.29) is 11.8 Å². The summed E-state index contributed by atoms with van der Waals surface area (Å²) in [6.07, 6.45) is 0. The van der Waals surface area contributed by atoms with E-state index in [0.717, 1.165) is 10.0 Å². The van der Waals surface area contributed by atoms with Gasteiger partial charge in [-0.3, -0.25) is 4.79 Å². The van der Waals surface area contributed by atoms with Gasteiger partial charge in [0, 0.05) is 16.9 Å². The van der Waals surface area contributed by atoms with Crippen molar-refractivity contribution in [1.29, 1.82) is 0 Å². The van der Waals surface area contributed by atoms with Gasteiger partial charge in [-0.2, -0.15) is 0 Å². The van der Waals surface area contributed by atoms with Crippen LogP contribution in [0.3, 0.4) is 0 Å². The quantitative estimate of drug-likeness (QED) is 0.902. The monoisotopic (exact) mass is 283 g/mol. The van der Waals surface area contributed by atoms with Crippen molar-refractivity contribution in [3.05, 3.63) is 34.3 Å². The fraction of sp³-hybridized carbons (Fsp3) is 0.462. The summed E-state index contributed by atoms with van der Waals surface area (Å²) in [5.41, 5.74) is 1.10. The number of benzene rings is 1. The van der Waals surface area contributed by atoms with Crippen LogP contribution in [0.1, 0.15) is 26.3 Å². The van der Waals surface area contributed by atoms with Gasteiger partial charge >= 0.3 is 0 Å². The van der Waals surface area contributed by atoms with Crippen molar-refractivity contribution < 1.29 is 4.79 Å². The average molecular weight is 284 g/mol. The summed E-state index contributed by atoms with van der Waals surface area (Å²) in [5.74, 6) is 0.549. The molecule has 0 saturated carbocycles. The molecule has 1 N–H and O–H groups in total. The van der Waals surface area contributed by atoms with E-state index in [4.69, 9.17) is 0 Å². The third-order valence-corrected chi connectivity index (χ3v) is 3.60. The molecule has 2 nitrogen and oxygen atoms in total. The first kappa shape index (κ1) is 13.2. The number of carbonyl (C=O) groups excluding carboxylic acids is 1. The lowest BCUT2D eigenvalue weighted by Gasteiger charge is -2.15. The SMILES string of the molecule is CC(C)C(C)C(=O)NCc1ccccc1Br. The zero-order valence-electron chi connectivity index (χ0n) is 9.96. The highest BCUT2D eigenvalue weighted by molar-refractivity contribution is 9.10. The Bertz CT molecular complexity index is 363. The van der Waals surface area contributed by atoms with Gasteiger partial charge in [-0.15, -0.1) is 0 Å². The van der Waals surface area contributed by atoms with Crippen LogP contribution in [-0.2, 0) is 11.3 Å². The number of halogens is 1. The first-order chi connectivity index (χ1) is 7.52. The summed E-state index contributed by atoms with van der Waals surface area (Å²) < 4.78 is 1.03. The molecule has 16 heavy (non-hydrogen) atoms. The predicted octanol–water partition coefficient (Wildman–Crippen LogP) is 3.36. The van der Waals surface area contributed by atoms with Crippen LogP contribution >= 0.6 is 15.9 Å². The summed E-state index contributed by atoms with van der Waals surface area (Å²) in [5, 5.41) is 2.95. The van der Waals surface area contributed by atoms with Crippen molar-refractivity contribution in [3.63, 3.8) is 0 Å². The second-order valence-electron chi connectivity index (χ2n) is 4.34. The van der Waals surface area contributed by atoms with E-state index < -0.39 is 0 Å². The Hall–Kier alpha value is -0.830. The zero-order chi connectivity index (χ0) is 12.1. The van der Waals surface area contributed by atoms with Crippen LogP contribution in [0.2, 0.25) is 0 Å². The Kier molecular flexibility index (Phi) is 5.00. The number of rotatable bonds is 4. The Balaban J connectivity index is 2.52. The highest BCUT2D eigenvalue weighted by Crippen LogP contribution is 2.16. The van der Waals surface area contributed by atoms with E-state index >= 15 is 0 Å². The average Bonchev–Trinajstić information content (AvgIpc) is 2.26. The smallest absolute Gasteiger partial charge is 0.223 e. The van der Waals surface area contributed by atoms with Crippen molar-refractivity contribution in [2.45, 2.75) is 27.3 Å². The second kappa shape index (κ2) is 6.04. The molecule has 0 aliphatic rings. The van der Waals surface area contributed by atoms with Gasteiger partial charge in [0.15, 0.2) is 0 Å². The Labute approximate surface area is 106 Å². The van der Waals surface area contributed by atoms with Crippen molar-refractivity contribution in [3.8, 4) is 0 Å². The molecule has 0 bridgehead atoms. The number of carbonyl (C=O) groups is 1. The molecule has 0 saturated heterocycles. The second-order valence-corrected chi connectivity index (χ2v) is 5.20. The zero-order valence-corrected chi connectivity index (χ0v) is 11.5. The van der Waals surface area contributed by atoms with Gasteiger partial charge < -0.3 is 5.32 Å². The molecule has 1 atom stereocenters. The molecule has 0 aromatic heterocycles. The first-order valence-electron chi connectivity index (χ1n) is 5.53. The van der Waals surface area contributed by atoms with Gasteiger partial charge in [0.25, 0.3) is 0 Å². The molecular formula is C13H18BrNO. The molecule has 1 aromatic rings. The fourth-order valence-electron chi connectivity index (χ4n) is 1.29. The molecule has 3 heteroatoms. The van der Waals surface area contributed by atoms with E-state index in [0.29, 0.717) is 12.5 Å². The summed E-state index contributed by atoms with van der Waals surface area (Å²) in [7, 11) is 0.